The summed E-state index contributed by atoms with van der Waals surface area (Å²) in [5, 5.41) is 3.44. The van der Waals surface area contributed by atoms with Gasteiger partial charge in [0.1, 0.15) is 0 Å². The summed E-state index contributed by atoms with van der Waals surface area (Å²) < 4.78 is 0. The number of hydrogen-bond acceptors (Lipinski definition) is 2. The van der Waals surface area contributed by atoms with Crippen LogP contribution in [-0.4, -0.2) is 36.0 Å². The largest absolute Gasteiger partial charge is 1.00 e. The second-order valence-electron chi connectivity index (χ2n) is 7.21. The monoisotopic (exact) mass is 299 g/mol. The highest BCUT2D eigenvalue weighted by Crippen LogP contribution is 2.55. The van der Waals surface area contributed by atoms with Gasteiger partial charge in [0.25, 0.3) is 0 Å². The molecule has 4 saturated carbocycles. The van der Waals surface area contributed by atoms with Crippen LogP contribution in [0.1, 0.15) is 52.4 Å². The molecule has 0 aliphatic heterocycles. The number of hydrogen-bond donors (Lipinski definition) is 1. The summed E-state index contributed by atoms with van der Waals surface area (Å²) >= 11 is 0. The van der Waals surface area contributed by atoms with E-state index in [1.807, 2.05) is 0 Å². The third kappa shape index (κ3) is 3.14. The van der Waals surface area contributed by atoms with Crippen molar-refractivity contribution in [2.75, 3.05) is 19.6 Å². The molecule has 0 heterocycles. The van der Waals surface area contributed by atoms with Gasteiger partial charge >= 0.3 is 0 Å². The minimum Gasteiger partial charge on any atom is -1.00 e. The van der Waals surface area contributed by atoms with Crippen LogP contribution in [-0.2, 0) is 4.79 Å². The van der Waals surface area contributed by atoms with Crippen molar-refractivity contribution < 1.29 is 17.2 Å². The normalized spacial score (nSPS) is 37.9. The molecule has 0 unspecified atom stereocenters. The molecule has 0 saturated heterocycles. The first-order valence-corrected chi connectivity index (χ1v) is 8.16. The first-order chi connectivity index (χ1) is 9.12. The van der Waals surface area contributed by atoms with Gasteiger partial charge in [-0.2, -0.15) is 0 Å². The minimum atomic E-state index is 0. The molecular weight excluding hydrogens is 272 g/mol. The average Bonchev–Trinajstić information content (AvgIpc) is 2.33. The van der Waals surface area contributed by atoms with E-state index in [9.17, 15) is 4.79 Å². The number of rotatable bonds is 5. The summed E-state index contributed by atoms with van der Waals surface area (Å²) in [5.74, 6) is 2.96. The van der Waals surface area contributed by atoms with Crippen molar-refractivity contribution in [3.63, 3.8) is 0 Å². The lowest BCUT2D eigenvalue weighted by molar-refractivity contribution is -0.127. The van der Waals surface area contributed by atoms with Crippen molar-refractivity contribution in [2.24, 2.45) is 17.8 Å². The van der Waals surface area contributed by atoms with Crippen LogP contribution in [0.25, 0.3) is 0 Å². The maximum atomic E-state index is 12.3. The van der Waals surface area contributed by atoms with Gasteiger partial charge in [0, 0.05) is 5.54 Å². The highest BCUT2D eigenvalue weighted by molar-refractivity contribution is 5.79. The van der Waals surface area contributed by atoms with Crippen molar-refractivity contribution in [3.8, 4) is 0 Å². The highest BCUT2D eigenvalue weighted by Gasteiger charge is 2.51. The molecule has 0 atom stereocenters. The van der Waals surface area contributed by atoms with E-state index in [1.54, 1.807) is 0 Å². The zero-order chi connectivity index (χ0) is 13.5. The third-order valence-electron chi connectivity index (χ3n) is 5.70. The molecule has 116 valence electrons. The van der Waals surface area contributed by atoms with Crippen molar-refractivity contribution in [2.45, 2.75) is 57.9 Å². The molecule has 1 amide bonds. The van der Waals surface area contributed by atoms with Crippen LogP contribution in [0.2, 0.25) is 0 Å². The van der Waals surface area contributed by atoms with E-state index in [0.29, 0.717) is 6.54 Å². The lowest BCUT2D eigenvalue weighted by Crippen LogP contribution is -3.00. The molecule has 4 fully saturated rings. The Kier molecular flexibility index (Phi) is 5.01. The molecule has 0 aromatic rings. The fourth-order valence-corrected chi connectivity index (χ4v) is 5.25. The van der Waals surface area contributed by atoms with E-state index < -0.39 is 0 Å². The van der Waals surface area contributed by atoms with Crippen molar-refractivity contribution in [1.29, 1.82) is 0 Å². The molecule has 4 heteroatoms. The Balaban J connectivity index is 0.00000147. The van der Waals surface area contributed by atoms with Gasteiger partial charge in [-0.3, -0.25) is 9.69 Å². The highest BCUT2D eigenvalue weighted by atomic mass is 35.5. The molecule has 20 heavy (non-hydrogen) atoms. The fraction of sp³-hybridized carbons (Fsp3) is 0.938. The van der Waals surface area contributed by atoms with Crippen LogP contribution in [0.3, 0.4) is 0 Å². The minimum absolute atomic E-state index is 0. The SMILES string of the molecule is CCN(CC)CC(=O)NC12CC3CC(CC(C3)C1)C2.[Cl-]. The maximum absolute atomic E-state index is 12.3. The maximum Gasteiger partial charge on any atom is 0.234 e. The second-order valence-corrected chi connectivity index (χ2v) is 7.21. The van der Waals surface area contributed by atoms with Gasteiger partial charge in [-0.15, -0.1) is 0 Å². The number of carbonyl (C=O) groups is 1. The summed E-state index contributed by atoms with van der Waals surface area (Å²) in [6.07, 6.45) is 8.07. The third-order valence-corrected chi connectivity index (χ3v) is 5.70. The number of nitrogens with one attached hydrogen (secondary N) is 1. The summed E-state index contributed by atoms with van der Waals surface area (Å²) in [6, 6.07) is 0. The standard InChI is InChI=1S/C16H28N2O.ClH/c1-3-18(4-2)11-15(19)17-16-8-12-5-13(9-16)7-14(6-12)10-16;/h12-14H,3-11H2,1-2H3,(H,17,19);1H/p-1. The lowest BCUT2D eigenvalue weighted by atomic mass is 9.53. The average molecular weight is 300 g/mol. The quantitative estimate of drug-likeness (QED) is 0.737. The van der Waals surface area contributed by atoms with Gasteiger partial charge in [-0.25, -0.2) is 0 Å². The predicted molar refractivity (Wildman–Crippen MR) is 76.8 cm³/mol. The van der Waals surface area contributed by atoms with Crippen LogP contribution in [0.5, 0.6) is 0 Å². The molecule has 4 aliphatic carbocycles. The van der Waals surface area contributed by atoms with Crippen LogP contribution in [0, 0.1) is 17.8 Å². The summed E-state index contributed by atoms with van der Waals surface area (Å²) in [5.41, 5.74) is 0.180. The molecule has 0 aromatic heterocycles. The van der Waals surface area contributed by atoms with Crippen molar-refractivity contribution in [3.05, 3.63) is 0 Å². The zero-order valence-corrected chi connectivity index (χ0v) is 13.6. The van der Waals surface area contributed by atoms with Crippen LogP contribution in [0.4, 0.5) is 0 Å². The first kappa shape index (κ1) is 16.1. The van der Waals surface area contributed by atoms with Gasteiger partial charge in [-0.05, 0) is 69.4 Å². The number of likely N-dealkylation sites (N-methyl/N-ethyl adjacent to an activating group) is 1. The van der Waals surface area contributed by atoms with E-state index in [0.717, 1.165) is 30.8 Å². The number of halogens is 1. The predicted octanol–water partition coefficient (Wildman–Crippen LogP) is -0.583. The van der Waals surface area contributed by atoms with Gasteiger partial charge in [-0.1, -0.05) is 13.8 Å². The number of carbonyl (C=O) groups excluding carboxylic acids is 1. The molecule has 4 aliphatic rings. The van der Waals surface area contributed by atoms with E-state index in [4.69, 9.17) is 0 Å². The molecular formula is C16H28ClN2O-. The van der Waals surface area contributed by atoms with Crippen LogP contribution in [0.15, 0.2) is 0 Å². The van der Waals surface area contributed by atoms with Gasteiger partial charge in [0.05, 0.1) is 6.54 Å². The van der Waals surface area contributed by atoms with E-state index in [-0.39, 0.29) is 23.9 Å². The van der Waals surface area contributed by atoms with Crippen molar-refractivity contribution in [1.82, 2.24) is 10.2 Å². The van der Waals surface area contributed by atoms with E-state index in [2.05, 4.69) is 24.1 Å². The summed E-state index contributed by atoms with van der Waals surface area (Å²) in [6.45, 7) is 6.76. The number of amides is 1. The Bertz CT molecular complexity index is 319. The summed E-state index contributed by atoms with van der Waals surface area (Å²) in [4.78, 5) is 14.5. The topological polar surface area (TPSA) is 32.3 Å². The fourth-order valence-electron chi connectivity index (χ4n) is 5.25. The smallest absolute Gasteiger partial charge is 0.234 e. The van der Waals surface area contributed by atoms with Crippen LogP contribution < -0.4 is 17.7 Å². The molecule has 0 radical (unpaired) electrons. The molecule has 1 N–H and O–H groups in total. The van der Waals surface area contributed by atoms with Gasteiger partial charge in [0.15, 0.2) is 0 Å². The lowest BCUT2D eigenvalue weighted by Gasteiger charge is -2.57. The summed E-state index contributed by atoms with van der Waals surface area (Å²) in [7, 11) is 0. The van der Waals surface area contributed by atoms with E-state index in [1.165, 1.54) is 38.5 Å². The van der Waals surface area contributed by atoms with Crippen LogP contribution >= 0.6 is 0 Å². The van der Waals surface area contributed by atoms with Gasteiger partial charge in [0.2, 0.25) is 5.91 Å². The Morgan fingerprint density at radius 3 is 1.90 bits per heavy atom. The molecule has 0 aromatic carbocycles. The Labute approximate surface area is 129 Å². The Morgan fingerprint density at radius 1 is 1.05 bits per heavy atom. The first-order valence-electron chi connectivity index (χ1n) is 8.16. The zero-order valence-electron chi connectivity index (χ0n) is 12.8. The molecule has 3 nitrogen and oxygen atoms in total. The second kappa shape index (κ2) is 6.23. The Morgan fingerprint density at radius 2 is 1.50 bits per heavy atom. The molecule has 4 rings (SSSR count). The number of nitrogens with zero attached hydrogens (tertiary/aromatic N) is 1. The molecule has 4 bridgehead atoms. The Hall–Kier alpha value is -0.280. The molecule has 0 spiro atoms. The van der Waals surface area contributed by atoms with E-state index >= 15 is 0 Å². The van der Waals surface area contributed by atoms with Gasteiger partial charge < -0.3 is 17.7 Å². The van der Waals surface area contributed by atoms with Crippen molar-refractivity contribution >= 4 is 5.91 Å².